The molecule has 0 aliphatic heterocycles. The Morgan fingerprint density at radius 2 is 1.64 bits per heavy atom. The van der Waals surface area contributed by atoms with Gasteiger partial charge in [-0.3, -0.25) is 0 Å². The van der Waals surface area contributed by atoms with Crippen molar-refractivity contribution in [2.75, 3.05) is 14.2 Å². The second-order valence-electron chi connectivity index (χ2n) is 5.68. The van der Waals surface area contributed by atoms with Crippen LogP contribution in [0.2, 0.25) is 0 Å². The fourth-order valence-corrected chi connectivity index (χ4v) is 2.52. The zero-order valence-corrected chi connectivity index (χ0v) is 13.8. The molecule has 2 aromatic rings. The van der Waals surface area contributed by atoms with Crippen LogP contribution in [0.4, 0.5) is 0 Å². The molecule has 0 spiro atoms. The van der Waals surface area contributed by atoms with Crippen LogP contribution in [0.5, 0.6) is 11.5 Å². The van der Waals surface area contributed by atoms with E-state index in [0.717, 1.165) is 24.3 Å². The van der Waals surface area contributed by atoms with Crippen molar-refractivity contribution in [3.05, 3.63) is 58.7 Å². The lowest BCUT2D eigenvalue weighted by molar-refractivity contribution is 0.354. The molecule has 3 nitrogen and oxygen atoms in total. The Morgan fingerprint density at radius 3 is 2.27 bits per heavy atom. The Balaban J connectivity index is 2.04. The van der Waals surface area contributed by atoms with Gasteiger partial charge in [-0.15, -0.1) is 0 Å². The van der Waals surface area contributed by atoms with Gasteiger partial charge in [0.2, 0.25) is 0 Å². The molecule has 0 amide bonds. The van der Waals surface area contributed by atoms with Crippen LogP contribution in [0.25, 0.3) is 0 Å². The van der Waals surface area contributed by atoms with Gasteiger partial charge in [0.15, 0.2) is 11.5 Å². The van der Waals surface area contributed by atoms with Crippen LogP contribution in [0.1, 0.15) is 34.7 Å². The summed E-state index contributed by atoms with van der Waals surface area (Å²) in [4.78, 5) is 0. The van der Waals surface area contributed by atoms with E-state index in [1.165, 1.54) is 22.3 Å². The third-order valence-corrected chi connectivity index (χ3v) is 4.15. The van der Waals surface area contributed by atoms with E-state index in [4.69, 9.17) is 15.2 Å². The first-order valence-corrected chi connectivity index (χ1v) is 7.58. The second kappa shape index (κ2) is 7.32. The smallest absolute Gasteiger partial charge is 0.160 e. The van der Waals surface area contributed by atoms with Crippen molar-refractivity contribution in [1.82, 2.24) is 0 Å². The summed E-state index contributed by atoms with van der Waals surface area (Å²) in [6, 6.07) is 12.5. The number of rotatable bonds is 6. The highest BCUT2D eigenvalue weighted by Crippen LogP contribution is 2.29. The van der Waals surface area contributed by atoms with Gasteiger partial charge in [-0.05, 0) is 61.1 Å². The summed E-state index contributed by atoms with van der Waals surface area (Å²) in [5, 5.41) is 0. The summed E-state index contributed by atoms with van der Waals surface area (Å²) in [5.41, 5.74) is 11.3. The van der Waals surface area contributed by atoms with Crippen molar-refractivity contribution in [3.8, 4) is 11.5 Å². The highest BCUT2D eigenvalue weighted by molar-refractivity contribution is 5.43. The molecule has 0 saturated carbocycles. The minimum atomic E-state index is 0.0485. The van der Waals surface area contributed by atoms with Crippen LogP contribution in [0.15, 0.2) is 36.4 Å². The molecule has 1 atom stereocenters. The average molecular weight is 299 g/mol. The standard InChI is InChI=1S/C19H25NO2/c1-13-5-8-16(11-14(13)2)17(20)9-6-15-7-10-18(21-3)19(12-15)22-4/h5,7-8,10-12,17H,6,9,20H2,1-4H3. The Labute approximate surface area is 133 Å². The molecule has 2 N–H and O–H groups in total. The highest BCUT2D eigenvalue weighted by atomic mass is 16.5. The van der Waals surface area contributed by atoms with Gasteiger partial charge in [0.1, 0.15) is 0 Å². The molecule has 0 aliphatic rings. The van der Waals surface area contributed by atoms with Crippen molar-refractivity contribution >= 4 is 0 Å². The number of ether oxygens (including phenoxy) is 2. The minimum Gasteiger partial charge on any atom is -0.493 e. The number of aryl methyl sites for hydroxylation is 3. The molecule has 2 rings (SSSR count). The molecule has 2 aromatic carbocycles. The van der Waals surface area contributed by atoms with Crippen molar-refractivity contribution in [1.29, 1.82) is 0 Å². The van der Waals surface area contributed by atoms with Gasteiger partial charge in [-0.25, -0.2) is 0 Å². The third kappa shape index (κ3) is 3.80. The molecular formula is C19H25NO2. The summed E-state index contributed by atoms with van der Waals surface area (Å²) >= 11 is 0. The first-order valence-electron chi connectivity index (χ1n) is 7.58. The van der Waals surface area contributed by atoms with Crippen molar-refractivity contribution in [2.24, 2.45) is 5.73 Å². The summed E-state index contributed by atoms with van der Waals surface area (Å²) in [7, 11) is 3.30. The summed E-state index contributed by atoms with van der Waals surface area (Å²) in [6.07, 6.45) is 1.81. The van der Waals surface area contributed by atoms with E-state index in [9.17, 15) is 0 Å². The normalized spacial score (nSPS) is 12.0. The van der Waals surface area contributed by atoms with Crippen molar-refractivity contribution < 1.29 is 9.47 Å². The molecular weight excluding hydrogens is 274 g/mol. The Morgan fingerprint density at radius 1 is 0.909 bits per heavy atom. The lowest BCUT2D eigenvalue weighted by atomic mass is 9.97. The number of hydrogen-bond donors (Lipinski definition) is 1. The van der Waals surface area contributed by atoms with E-state index >= 15 is 0 Å². The van der Waals surface area contributed by atoms with E-state index in [1.54, 1.807) is 14.2 Å². The molecule has 22 heavy (non-hydrogen) atoms. The second-order valence-corrected chi connectivity index (χ2v) is 5.68. The van der Waals surface area contributed by atoms with Crippen LogP contribution in [0.3, 0.4) is 0 Å². The molecule has 0 aliphatic carbocycles. The minimum absolute atomic E-state index is 0.0485. The number of benzene rings is 2. The van der Waals surface area contributed by atoms with Gasteiger partial charge in [0, 0.05) is 6.04 Å². The molecule has 118 valence electrons. The van der Waals surface area contributed by atoms with Crippen molar-refractivity contribution in [3.63, 3.8) is 0 Å². The Kier molecular flexibility index (Phi) is 5.45. The van der Waals surface area contributed by atoms with Gasteiger partial charge < -0.3 is 15.2 Å². The van der Waals surface area contributed by atoms with E-state index in [-0.39, 0.29) is 6.04 Å². The number of methoxy groups -OCH3 is 2. The molecule has 0 bridgehead atoms. The van der Waals surface area contributed by atoms with Gasteiger partial charge in [0.25, 0.3) is 0 Å². The fourth-order valence-electron chi connectivity index (χ4n) is 2.52. The quantitative estimate of drug-likeness (QED) is 0.878. The molecule has 0 radical (unpaired) electrons. The SMILES string of the molecule is COc1ccc(CCC(N)c2ccc(C)c(C)c2)cc1OC. The predicted octanol–water partition coefficient (Wildman–Crippen LogP) is 3.95. The van der Waals surface area contributed by atoms with E-state index in [1.807, 2.05) is 12.1 Å². The molecule has 0 heterocycles. The predicted molar refractivity (Wildman–Crippen MR) is 90.7 cm³/mol. The number of hydrogen-bond acceptors (Lipinski definition) is 3. The summed E-state index contributed by atoms with van der Waals surface area (Å²) in [5.74, 6) is 1.52. The lowest BCUT2D eigenvalue weighted by Crippen LogP contribution is -2.11. The van der Waals surface area contributed by atoms with Crippen LogP contribution in [0, 0.1) is 13.8 Å². The van der Waals surface area contributed by atoms with Gasteiger partial charge >= 0.3 is 0 Å². The highest BCUT2D eigenvalue weighted by Gasteiger charge is 2.09. The zero-order valence-electron chi connectivity index (χ0n) is 13.8. The molecule has 0 fully saturated rings. The average Bonchev–Trinajstić information content (AvgIpc) is 2.54. The van der Waals surface area contributed by atoms with Gasteiger partial charge in [0.05, 0.1) is 14.2 Å². The maximum absolute atomic E-state index is 6.33. The van der Waals surface area contributed by atoms with Crippen LogP contribution in [-0.2, 0) is 6.42 Å². The first-order chi connectivity index (χ1) is 10.5. The topological polar surface area (TPSA) is 44.5 Å². The molecule has 1 unspecified atom stereocenters. The van der Waals surface area contributed by atoms with Crippen molar-refractivity contribution in [2.45, 2.75) is 32.7 Å². The van der Waals surface area contributed by atoms with Gasteiger partial charge in [-0.2, -0.15) is 0 Å². The molecule has 3 heteroatoms. The fraction of sp³-hybridized carbons (Fsp3) is 0.368. The van der Waals surface area contributed by atoms with E-state index < -0.39 is 0 Å². The van der Waals surface area contributed by atoms with Gasteiger partial charge in [-0.1, -0.05) is 24.3 Å². The maximum atomic E-state index is 6.33. The third-order valence-electron chi connectivity index (χ3n) is 4.15. The zero-order chi connectivity index (χ0) is 16.1. The van der Waals surface area contributed by atoms with Crippen LogP contribution < -0.4 is 15.2 Å². The van der Waals surface area contributed by atoms with Crippen LogP contribution in [-0.4, -0.2) is 14.2 Å². The first kappa shape index (κ1) is 16.4. The summed E-state index contributed by atoms with van der Waals surface area (Å²) < 4.78 is 10.6. The summed E-state index contributed by atoms with van der Waals surface area (Å²) in [6.45, 7) is 4.24. The Hall–Kier alpha value is -2.00. The molecule has 0 aromatic heterocycles. The maximum Gasteiger partial charge on any atom is 0.160 e. The lowest BCUT2D eigenvalue weighted by Gasteiger charge is -2.15. The Bertz CT molecular complexity index is 637. The van der Waals surface area contributed by atoms with E-state index in [0.29, 0.717) is 0 Å². The number of nitrogens with two attached hydrogens (primary N) is 1. The largest absolute Gasteiger partial charge is 0.493 e. The monoisotopic (exact) mass is 299 g/mol. The van der Waals surface area contributed by atoms with Crippen LogP contribution >= 0.6 is 0 Å². The van der Waals surface area contributed by atoms with E-state index in [2.05, 4.69) is 38.1 Å². The molecule has 0 saturated heterocycles.